The van der Waals surface area contributed by atoms with Crippen LogP contribution >= 0.6 is 11.8 Å². The first-order chi connectivity index (χ1) is 6.72. The summed E-state index contributed by atoms with van der Waals surface area (Å²) in [7, 11) is 0. The van der Waals surface area contributed by atoms with Crippen LogP contribution in [0.1, 0.15) is 37.6 Å². The molecule has 78 valence electrons. The zero-order valence-corrected chi connectivity index (χ0v) is 8.78. The summed E-state index contributed by atoms with van der Waals surface area (Å²) >= 11 is 5.50. The van der Waals surface area contributed by atoms with Crippen molar-refractivity contribution in [1.29, 1.82) is 0 Å². The minimum Gasteiger partial charge on any atom is -0.387 e. The van der Waals surface area contributed by atoms with Crippen LogP contribution < -0.4 is 4.84 Å². The van der Waals surface area contributed by atoms with Gasteiger partial charge in [-0.25, -0.2) is 4.84 Å². The molecule has 0 spiro atoms. The number of aliphatic hydroxyl groups is 1. The fraction of sp³-hybridized carbons (Fsp3) is 0.667. The molecule has 0 aliphatic heterocycles. The summed E-state index contributed by atoms with van der Waals surface area (Å²) in [5.41, 5.74) is 0.878. The molecule has 0 bridgehead atoms. The average molecular weight is 216 g/mol. The van der Waals surface area contributed by atoms with E-state index in [1.807, 2.05) is 10.7 Å². The fourth-order valence-corrected chi connectivity index (χ4v) is 2.02. The van der Waals surface area contributed by atoms with Crippen LogP contribution in [-0.2, 0) is 0 Å². The molecule has 1 fully saturated rings. The van der Waals surface area contributed by atoms with Gasteiger partial charge in [-0.3, -0.25) is 4.68 Å². The molecule has 1 saturated carbocycles. The highest BCUT2D eigenvalue weighted by molar-refractivity contribution is 6.13. The number of nitrogens with zero attached hydrogens (tertiary/aromatic N) is 2. The summed E-state index contributed by atoms with van der Waals surface area (Å²) in [6, 6.07) is 2.62. The molecule has 14 heavy (non-hydrogen) atoms. The lowest BCUT2D eigenvalue weighted by molar-refractivity contribution is 0.164. The van der Waals surface area contributed by atoms with E-state index in [1.54, 1.807) is 13.1 Å². The minimum atomic E-state index is -0.458. The molecule has 1 unspecified atom stereocenters. The number of aliphatic hydroxyl groups excluding tert-OH is 1. The Labute approximate surface area is 88.0 Å². The van der Waals surface area contributed by atoms with Gasteiger partial charge in [-0.05, 0) is 37.6 Å². The van der Waals surface area contributed by atoms with Gasteiger partial charge in [0.1, 0.15) is 0 Å². The molecule has 1 aromatic heterocycles. The zero-order valence-electron chi connectivity index (χ0n) is 8.02. The van der Waals surface area contributed by atoms with Crippen LogP contribution in [0.25, 0.3) is 0 Å². The lowest BCUT2D eigenvalue weighted by Crippen LogP contribution is -2.39. The first kappa shape index (κ1) is 9.96. The maximum absolute atomic E-state index is 9.48. The molecular formula is C9H14ClN3O. The van der Waals surface area contributed by atoms with Crippen LogP contribution in [-0.4, -0.2) is 20.9 Å². The van der Waals surface area contributed by atoms with Crippen molar-refractivity contribution in [1.82, 2.24) is 14.6 Å². The topological polar surface area (TPSA) is 50.1 Å². The van der Waals surface area contributed by atoms with E-state index >= 15 is 0 Å². The van der Waals surface area contributed by atoms with Gasteiger partial charge in [0, 0.05) is 12.2 Å². The van der Waals surface area contributed by atoms with Crippen molar-refractivity contribution in [2.75, 3.05) is 0 Å². The molecule has 1 aromatic rings. The van der Waals surface area contributed by atoms with Crippen LogP contribution in [0.2, 0.25) is 0 Å². The Morgan fingerprint density at radius 1 is 1.71 bits per heavy atom. The second kappa shape index (κ2) is 3.88. The van der Waals surface area contributed by atoms with Crippen molar-refractivity contribution >= 4 is 11.8 Å². The van der Waals surface area contributed by atoms with Gasteiger partial charge in [0.2, 0.25) is 0 Å². The van der Waals surface area contributed by atoms with Gasteiger partial charge in [-0.1, -0.05) is 0 Å². The zero-order chi connectivity index (χ0) is 10.1. The highest BCUT2D eigenvalue weighted by Crippen LogP contribution is 2.33. The van der Waals surface area contributed by atoms with E-state index in [9.17, 15) is 5.11 Å². The van der Waals surface area contributed by atoms with Crippen LogP contribution in [0.5, 0.6) is 0 Å². The third kappa shape index (κ3) is 1.65. The van der Waals surface area contributed by atoms with Crippen LogP contribution in [0, 0.1) is 0 Å². The Morgan fingerprint density at radius 2 is 2.43 bits per heavy atom. The monoisotopic (exact) mass is 215 g/mol. The van der Waals surface area contributed by atoms with Gasteiger partial charge < -0.3 is 5.11 Å². The number of nitrogens with one attached hydrogen (secondary N) is 1. The fourth-order valence-electron chi connectivity index (χ4n) is 1.84. The summed E-state index contributed by atoms with van der Waals surface area (Å²) in [6.45, 7) is 1.75. The van der Waals surface area contributed by atoms with Gasteiger partial charge in [-0.15, -0.1) is 0 Å². The standard InChI is InChI=1S/C9H14ClN3O/c1-6(14)9-2-3-11-13(9)8-4-7(5-8)12-10/h2-3,6-8,12,14H,4-5H2,1H3/t6?,7-,8-. The van der Waals surface area contributed by atoms with Crippen molar-refractivity contribution in [3.05, 3.63) is 18.0 Å². The third-order valence-corrected chi connectivity index (χ3v) is 3.05. The summed E-state index contributed by atoms with van der Waals surface area (Å²) < 4.78 is 1.90. The molecule has 0 aromatic carbocycles. The Hall–Kier alpha value is -0.580. The van der Waals surface area contributed by atoms with Gasteiger partial charge in [0.15, 0.2) is 0 Å². The Balaban J connectivity index is 2.07. The quantitative estimate of drug-likeness (QED) is 0.750. The number of hydrogen-bond acceptors (Lipinski definition) is 3. The van der Waals surface area contributed by atoms with Gasteiger partial charge in [0.05, 0.1) is 17.8 Å². The van der Waals surface area contributed by atoms with E-state index in [0.717, 1.165) is 18.5 Å². The predicted molar refractivity (Wildman–Crippen MR) is 53.9 cm³/mol. The highest BCUT2D eigenvalue weighted by atomic mass is 35.5. The maximum atomic E-state index is 9.48. The normalized spacial score (nSPS) is 28.5. The van der Waals surface area contributed by atoms with Crippen LogP contribution in [0.4, 0.5) is 0 Å². The smallest absolute Gasteiger partial charge is 0.0928 e. The lowest BCUT2D eigenvalue weighted by Gasteiger charge is -2.35. The predicted octanol–water partition coefficient (Wildman–Crippen LogP) is 1.38. The summed E-state index contributed by atoms with van der Waals surface area (Å²) in [5.74, 6) is 0. The van der Waals surface area contributed by atoms with Gasteiger partial charge in [-0.2, -0.15) is 5.10 Å². The molecule has 0 amide bonds. The summed E-state index contributed by atoms with van der Waals surface area (Å²) in [5, 5.41) is 13.7. The molecule has 4 nitrogen and oxygen atoms in total. The number of hydrogen-bond donors (Lipinski definition) is 2. The van der Waals surface area contributed by atoms with Crippen LogP contribution in [0.3, 0.4) is 0 Å². The van der Waals surface area contributed by atoms with E-state index in [-0.39, 0.29) is 0 Å². The largest absolute Gasteiger partial charge is 0.387 e. The first-order valence-corrected chi connectivity index (χ1v) is 5.17. The van der Waals surface area contributed by atoms with Crippen molar-refractivity contribution in [2.24, 2.45) is 0 Å². The Bertz CT molecular complexity index is 307. The van der Waals surface area contributed by atoms with Crippen molar-refractivity contribution in [2.45, 2.75) is 38.0 Å². The van der Waals surface area contributed by atoms with E-state index in [2.05, 4.69) is 9.93 Å². The Kier molecular flexibility index (Phi) is 2.76. The number of aromatic nitrogens is 2. The highest BCUT2D eigenvalue weighted by Gasteiger charge is 2.31. The molecule has 1 aliphatic rings. The summed E-state index contributed by atoms with van der Waals surface area (Å²) in [6.07, 6.45) is 3.22. The van der Waals surface area contributed by atoms with Crippen LogP contribution in [0.15, 0.2) is 12.3 Å². The molecule has 1 heterocycles. The number of rotatable bonds is 3. The minimum absolute atomic E-state index is 0.380. The van der Waals surface area contributed by atoms with E-state index in [4.69, 9.17) is 11.8 Å². The third-order valence-electron chi connectivity index (χ3n) is 2.74. The molecule has 5 heteroatoms. The summed E-state index contributed by atoms with van der Waals surface area (Å²) in [4.78, 5) is 2.71. The molecule has 2 rings (SSSR count). The molecule has 0 radical (unpaired) electrons. The second-order valence-electron chi connectivity index (χ2n) is 3.81. The second-order valence-corrected chi connectivity index (χ2v) is 4.03. The van der Waals surface area contributed by atoms with Crippen molar-refractivity contribution < 1.29 is 5.11 Å². The van der Waals surface area contributed by atoms with Crippen molar-refractivity contribution in [3.63, 3.8) is 0 Å². The maximum Gasteiger partial charge on any atom is 0.0928 e. The van der Waals surface area contributed by atoms with E-state index in [0.29, 0.717) is 12.1 Å². The number of halogens is 1. The lowest BCUT2D eigenvalue weighted by atomic mass is 9.87. The van der Waals surface area contributed by atoms with Gasteiger partial charge >= 0.3 is 0 Å². The van der Waals surface area contributed by atoms with E-state index < -0.39 is 6.10 Å². The molecular weight excluding hydrogens is 202 g/mol. The molecule has 0 saturated heterocycles. The van der Waals surface area contributed by atoms with E-state index in [1.165, 1.54) is 0 Å². The Morgan fingerprint density at radius 3 is 3.00 bits per heavy atom. The first-order valence-electron chi connectivity index (χ1n) is 4.80. The average Bonchev–Trinajstić information content (AvgIpc) is 2.50. The van der Waals surface area contributed by atoms with Crippen molar-refractivity contribution in [3.8, 4) is 0 Å². The SMILES string of the molecule is CC(O)c1ccnn1[C@H]1C[C@H](NCl)C1. The molecule has 1 atom stereocenters. The molecule has 2 N–H and O–H groups in total. The molecule has 1 aliphatic carbocycles. The van der Waals surface area contributed by atoms with Gasteiger partial charge in [0.25, 0.3) is 0 Å².